The highest BCUT2D eigenvalue weighted by Crippen LogP contribution is 2.17. The first kappa shape index (κ1) is 21.1. The van der Waals surface area contributed by atoms with Crippen molar-refractivity contribution in [2.75, 3.05) is 5.32 Å². The zero-order chi connectivity index (χ0) is 20.6. The van der Waals surface area contributed by atoms with Crippen molar-refractivity contribution in [2.45, 2.75) is 32.7 Å². The van der Waals surface area contributed by atoms with Gasteiger partial charge in [-0.05, 0) is 37.1 Å². The second-order valence-electron chi connectivity index (χ2n) is 6.54. The van der Waals surface area contributed by atoms with Gasteiger partial charge in [0.05, 0.1) is 0 Å². The Hall–Kier alpha value is -2.58. The van der Waals surface area contributed by atoms with Crippen LogP contribution in [0.3, 0.4) is 0 Å². The van der Waals surface area contributed by atoms with E-state index in [9.17, 15) is 9.59 Å². The van der Waals surface area contributed by atoms with Gasteiger partial charge in [-0.2, -0.15) is 0 Å². The molecular formula is C21H21BrN4O2S. The highest BCUT2D eigenvalue weighted by molar-refractivity contribution is 9.10. The molecule has 0 atom stereocenters. The van der Waals surface area contributed by atoms with Crippen LogP contribution in [0.5, 0.6) is 0 Å². The number of hydrogen-bond acceptors (Lipinski definition) is 5. The van der Waals surface area contributed by atoms with Gasteiger partial charge >= 0.3 is 0 Å². The first-order valence-corrected chi connectivity index (χ1v) is 10.8. The number of carbonyl (C=O) groups is 2. The monoisotopic (exact) mass is 472 g/mol. The number of aromatic nitrogens is 2. The summed E-state index contributed by atoms with van der Waals surface area (Å²) >= 11 is 4.72. The maximum Gasteiger partial charge on any atom is 0.286 e. The minimum absolute atomic E-state index is 0.0115. The normalized spacial score (nSPS) is 10.6. The van der Waals surface area contributed by atoms with Crippen LogP contribution in [-0.4, -0.2) is 22.0 Å². The van der Waals surface area contributed by atoms with E-state index in [1.54, 1.807) is 0 Å². The second-order valence-corrected chi connectivity index (χ2v) is 8.46. The van der Waals surface area contributed by atoms with E-state index < -0.39 is 0 Å². The third kappa shape index (κ3) is 6.47. The van der Waals surface area contributed by atoms with E-state index >= 15 is 0 Å². The van der Waals surface area contributed by atoms with Crippen LogP contribution in [0.25, 0.3) is 0 Å². The van der Waals surface area contributed by atoms with Gasteiger partial charge in [0.25, 0.3) is 5.91 Å². The van der Waals surface area contributed by atoms with Crippen molar-refractivity contribution in [3.8, 4) is 0 Å². The van der Waals surface area contributed by atoms with Gasteiger partial charge in [-0.1, -0.05) is 63.2 Å². The number of nitrogens with one attached hydrogen (secondary N) is 2. The molecule has 0 saturated heterocycles. The van der Waals surface area contributed by atoms with Gasteiger partial charge in [0.2, 0.25) is 10.9 Å². The summed E-state index contributed by atoms with van der Waals surface area (Å²) < 4.78 is 0.977. The van der Waals surface area contributed by atoms with Gasteiger partial charge in [-0.25, -0.2) is 0 Å². The SMILES string of the molecule is Cc1ccc(NC(=O)c2nnc(CCCC(=O)NCc3ccccc3Br)s2)cc1. The average molecular weight is 473 g/mol. The molecule has 2 aromatic carbocycles. The summed E-state index contributed by atoms with van der Waals surface area (Å²) in [5.74, 6) is -0.286. The fourth-order valence-electron chi connectivity index (χ4n) is 2.59. The number of hydrogen-bond donors (Lipinski definition) is 2. The molecule has 2 amide bonds. The predicted octanol–water partition coefficient (Wildman–Crippen LogP) is 4.50. The van der Waals surface area contributed by atoms with Crippen LogP contribution in [0.2, 0.25) is 0 Å². The largest absolute Gasteiger partial charge is 0.352 e. The molecule has 0 aliphatic rings. The molecule has 2 N–H and O–H groups in total. The van der Waals surface area contributed by atoms with E-state index in [0.29, 0.717) is 30.8 Å². The lowest BCUT2D eigenvalue weighted by Gasteiger charge is -2.06. The van der Waals surface area contributed by atoms with E-state index in [1.165, 1.54) is 11.3 Å². The second kappa shape index (κ2) is 10.3. The molecule has 0 unspecified atom stereocenters. The number of aryl methyl sites for hydroxylation is 2. The highest BCUT2D eigenvalue weighted by atomic mass is 79.9. The summed E-state index contributed by atoms with van der Waals surface area (Å²) in [5.41, 5.74) is 2.88. The van der Waals surface area contributed by atoms with E-state index in [-0.39, 0.29) is 11.8 Å². The zero-order valence-electron chi connectivity index (χ0n) is 15.9. The molecule has 3 aromatic rings. The summed E-state index contributed by atoms with van der Waals surface area (Å²) in [6.45, 7) is 2.48. The van der Waals surface area contributed by atoms with Gasteiger partial charge in [0.15, 0.2) is 0 Å². The van der Waals surface area contributed by atoms with Gasteiger partial charge in [0, 0.05) is 29.5 Å². The number of nitrogens with zero attached hydrogens (tertiary/aromatic N) is 2. The predicted molar refractivity (Wildman–Crippen MR) is 118 cm³/mol. The van der Waals surface area contributed by atoms with Gasteiger partial charge in [-0.15, -0.1) is 10.2 Å². The summed E-state index contributed by atoms with van der Waals surface area (Å²) in [6, 6.07) is 15.4. The highest BCUT2D eigenvalue weighted by Gasteiger charge is 2.13. The Balaban J connectivity index is 1.41. The first-order chi connectivity index (χ1) is 14.0. The van der Waals surface area contributed by atoms with E-state index in [4.69, 9.17) is 0 Å². The van der Waals surface area contributed by atoms with Crippen LogP contribution in [0.1, 0.15) is 38.8 Å². The van der Waals surface area contributed by atoms with Crippen LogP contribution in [0.15, 0.2) is 53.0 Å². The molecule has 1 heterocycles. The Morgan fingerprint density at radius 2 is 1.83 bits per heavy atom. The van der Waals surface area contributed by atoms with Crippen molar-refractivity contribution in [3.63, 3.8) is 0 Å². The molecule has 1 aromatic heterocycles. The first-order valence-electron chi connectivity index (χ1n) is 9.22. The molecule has 3 rings (SSSR count). The van der Waals surface area contributed by atoms with E-state index in [2.05, 4.69) is 36.8 Å². The lowest BCUT2D eigenvalue weighted by atomic mass is 10.2. The van der Waals surface area contributed by atoms with E-state index in [0.717, 1.165) is 26.3 Å². The van der Waals surface area contributed by atoms with Crippen LogP contribution < -0.4 is 10.6 Å². The minimum atomic E-state index is -0.274. The van der Waals surface area contributed by atoms with Gasteiger partial charge in [-0.3, -0.25) is 9.59 Å². The maximum atomic E-state index is 12.3. The Labute approximate surface area is 181 Å². The quantitative estimate of drug-likeness (QED) is 0.505. The molecule has 29 heavy (non-hydrogen) atoms. The van der Waals surface area contributed by atoms with Crippen molar-refractivity contribution < 1.29 is 9.59 Å². The molecule has 0 aliphatic heterocycles. The zero-order valence-corrected chi connectivity index (χ0v) is 18.3. The van der Waals surface area contributed by atoms with Crippen LogP contribution in [0, 0.1) is 6.92 Å². The molecule has 6 nitrogen and oxygen atoms in total. The number of benzene rings is 2. The third-order valence-electron chi connectivity index (χ3n) is 4.20. The molecule has 150 valence electrons. The molecular weight excluding hydrogens is 452 g/mol. The van der Waals surface area contributed by atoms with Crippen molar-refractivity contribution in [1.82, 2.24) is 15.5 Å². The molecule has 0 saturated carbocycles. The summed E-state index contributed by atoms with van der Waals surface area (Å²) in [4.78, 5) is 24.3. The average Bonchev–Trinajstić information content (AvgIpc) is 3.18. The standard InChI is InChI=1S/C21H21BrN4O2S/c1-14-9-11-16(12-10-14)24-20(28)21-26-25-19(29-21)8-4-7-18(27)23-13-15-5-2-3-6-17(15)22/h2-3,5-6,9-12H,4,7-8,13H2,1H3,(H,23,27)(H,24,28). The maximum absolute atomic E-state index is 12.3. The Bertz CT molecular complexity index is 988. The molecule has 0 spiro atoms. The van der Waals surface area contributed by atoms with E-state index in [1.807, 2.05) is 55.5 Å². The topological polar surface area (TPSA) is 84.0 Å². The minimum Gasteiger partial charge on any atom is -0.352 e. The number of halogens is 1. The Morgan fingerprint density at radius 1 is 1.07 bits per heavy atom. The third-order valence-corrected chi connectivity index (χ3v) is 5.95. The van der Waals surface area contributed by atoms with Crippen molar-refractivity contribution in [3.05, 3.63) is 74.1 Å². The van der Waals surface area contributed by atoms with Gasteiger partial charge in [0.1, 0.15) is 5.01 Å². The molecule has 8 heteroatoms. The van der Waals surface area contributed by atoms with Crippen LogP contribution in [-0.2, 0) is 17.8 Å². The summed E-state index contributed by atoms with van der Waals surface area (Å²) in [7, 11) is 0. The Morgan fingerprint density at radius 3 is 2.59 bits per heavy atom. The lowest BCUT2D eigenvalue weighted by Crippen LogP contribution is -2.22. The number of carbonyl (C=O) groups excluding carboxylic acids is 2. The summed E-state index contributed by atoms with van der Waals surface area (Å²) in [6.07, 6.45) is 1.66. The molecule has 0 radical (unpaired) electrons. The van der Waals surface area contributed by atoms with Crippen molar-refractivity contribution in [1.29, 1.82) is 0 Å². The molecule has 0 bridgehead atoms. The number of anilines is 1. The number of amides is 2. The lowest BCUT2D eigenvalue weighted by molar-refractivity contribution is -0.121. The summed E-state index contributed by atoms with van der Waals surface area (Å²) in [5, 5.41) is 14.8. The van der Waals surface area contributed by atoms with Crippen LogP contribution in [0.4, 0.5) is 5.69 Å². The fraction of sp³-hybridized carbons (Fsp3) is 0.238. The van der Waals surface area contributed by atoms with Crippen LogP contribution >= 0.6 is 27.3 Å². The van der Waals surface area contributed by atoms with Crippen molar-refractivity contribution in [2.24, 2.45) is 0 Å². The smallest absolute Gasteiger partial charge is 0.286 e. The van der Waals surface area contributed by atoms with Crippen molar-refractivity contribution >= 4 is 44.8 Å². The fourth-order valence-corrected chi connectivity index (χ4v) is 3.79. The Kier molecular flexibility index (Phi) is 7.48. The van der Waals surface area contributed by atoms with Gasteiger partial charge < -0.3 is 10.6 Å². The molecule has 0 aliphatic carbocycles. The number of rotatable bonds is 8. The molecule has 0 fully saturated rings.